The van der Waals surface area contributed by atoms with Crippen molar-refractivity contribution in [1.29, 1.82) is 0 Å². The van der Waals surface area contributed by atoms with Gasteiger partial charge >= 0.3 is 0 Å². The molecule has 0 saturated heterocycles. The van der Waals surface area contributed by atoms with Crippen LogP contribution in [-0.2, 0) is 6.42 Å². The molecular weight excluding hydrogens is 313 g/mol. The third-order valence-electron chi connectivity index (χ3n) is 4.16. The Bertz CT molecular complexity index is 626. The highest BCUT2D eigenvalue weighted by Crippen LogP contribution is 2.26. The van der Waals surface area contributed by atoms with Crippen LogP contribution < -0.4 is 5.73 Å². The molecule has 2 nitrogen and oxygen atoms in total. The summed E-state index contributed by atoms with van der Waals surface area (Å²) in [6.07, 6.45) is 2.48. The first-order valence-electron chi connectivity index (χ1n) is 7.94. The van der Waals surface area contributed by atoms with Crippen molar-refractivity contribution in [2.45, 2.75) is 32.2 Å². The van der Waals surface area contributed by atoms with Crippen LogP contribution in [0.1, 0.15) is 25.3 Å². The minimum Gasteiger partial charge on any atom is -0.396 e. The highest BCUT2D eigenvalue weighted by molar-refractivity contribution is 6.30. The van der Waals surface area contributed by atoms with Gasteiger partial charge in [-0.2, -0.15) is 0 Å². The first-order valence-corrected chi connectivity index (χ1v) is 8.32. The van der Waals surface area contributed by atoms with Gasteiger partial charge in [0.05, 0.1) is 0 Å². The van der Waals surface area contributed by atoms with Crippen molar-refractivity contribution in [3.8, 4) is 11.1 Å². The average molecular weight is 336 g/mol. The maximum Gasteiger partial charge on any atom is 0.131 e. The normalized spacial score (nSPS) is 13.8. The van der Waals surface area contributed by atoms with E-state index in [1.807, 2.05) is 24.3 Å². The number of hydrogen-bond acceptors (Lipinski definition) is 2. The molecule has 3 N–H and O–H groups in total. The largest absolute Gasteiger partial charge is 0.396 e. The van der Waals surface area contributed by atoms with Crippen LogP contribution in [0, 0.1) is 11.7 Å². The number of rotatable bonds is 7. The summed E-state index contributed by atoms with van der Waals surface area (Å²) >= 11 is 5.94. The number of halogens is 2. The van der Waals surface area contributed by atoms with Crippen molar-refractivity contribution >= 4 is 11.6 Å². The predicted molar refractivity (Wildman–Crippen MR) is 94.0 cm³/mol. The second-order valence-corrected chi connectivity index (χ2v) is 6.41. The van der Waals surface area contributed by atoms with Crippen LogP contribution in [0.4, 0.5) is 4.39 Å². The summed E-state index contributed by atoms with van der Waals surface area (Å²) in [5.41, 5.74) is 8.57. The molecule has 0 aliphatic rings. The number of aliphatic hydroxyl groups is 1. The van der Waals surface area contributed by atoms with Gasteiger partial charge in [-0.1, -0.05) is 49.2 Å². The van der Waals surface area contributed by atoms with Gasteiger partial charge in [-0.3, -0.25) is 0 Å². The molecule has 2 aromatic carbocycles. The van der Waals surface area contributed by atoms with Crippen molar-refractivity contribution in [3.05, 3.63) is 58.9 Å². The van der Waals surface area contributed by atoms with Crippen LogP contribution in [0.2, 0.25) is 5.02 Å². The minimum absolute atomic E-state index is 0.0147. The fourth-order valence-corrected chi connectivity index (χ4v) is 2.90. The summed E-state index contributed by atoms with van der Waals surface area (Å²) in [5.74, 6) is -0.0302. The summed E-state index contributed by atoms with van der Waals surface area (Å²) in [5, 5.41) is 9.77. The van der Waals surface area contributed by atoms with Gasteiger partial charge in [-0.05, 0) is 48.1 Å². The number of benzene rings is 2. The Morgan fingerprint density at radius 1 is 1.17 bits per heavy atom. The number of hydrogen-bond donors (Lipinski definition) is 2. The molecule has 0 saturated carbocycles. The molecule has 0 bridgehead atoms. The van der Waals surface area contributed by atoms with Gasteiger partial charge in [0.1, 0.15) is 5.82 Å². The van der Waals surface area contributed by atoms with Gasteiger partial charge in [0, 0.05) is 23.2 Å². The van der Waals surface area contributed by atoms with Crippen LogP contribution in [-0.4, -0.2) is 17.8 Å². The Morgan fingerprint density at radius 3 is 2.48 bits per heavy atom. The maximum absolute atomic E-state index is 13.9. The Balaban J connectivity index is 2.06. The predicted octanol–water partition coefficient (Wildman–Crippen LogP) is 4.42. The lowest BCUT2D eigenvalue weighted by atomic mass is 9.93. The van der Waals surface area contributed by atoms with Crippen LogP contribution in [0.5, 0.6) is 0 Å². The highest BCUT2D eigenvalue weighted by Gasteiger charge is 2.12. The van der Waals surface area contributed by atoms with Crippen molar-refractivity contribution in [1.82, 2.24) is 0 Å². The number of nitrogens with two attached hydrogens (primary N) is 1. The average Bonchev–Trinajstić information content (AvgIpc) is 2.55. The molecule has 0 heterocycles. The van der Waals surface area contributed by atoms with E-state index in [1.54, 1.807) is 12.1 Å². The summed E-state index contributed by atoms with van der Waals surface area (Å²) < 4.78 is 13.9. The zero-order chi connectivity index (χ0) is 16.8. The first-order chi connectivity index (χ1) is 11.0. The molecule has 0 aliphatic carbocycles. The van der Waals surface area contributed by atoms with E-state index >= 15 is 0 Å². The van der Waals surface area contributed by atoms with Gasteiger partial charge in [0.15, 0.2) is 0 Å². The summed E-state index contributed by atoms with van der Waals surface area (Å²) in [4.78, 5) is 0. The standard InChI is InChI=1S/C19H23ClFNO/c1-2-13(12-23)9-17(22)10-14-3-5-15(6-4-14)18-11-16(20)7-8-19(18)21/h3-8,11,13,17,23H,2,9-10,12,22H2,1H3. The quantitative estimate of drug-likeness (QED) is 0.786. The maximum atomic E-state index is 13.9. The SMILES string of the molecule is CCC(CO)CC(N)Cc1ccc(-c2cc(Cl)ccc2F)cc1. The van der Waals surface area contributed by atoms with Gasteiger partial charge in [-0.25, -0.2) is 4.39 Å². The fraction of sp³-hybridized carbons (Fsp3) is 0.368. The van der Waals surface area contributed by atoms with E-state index in [9.17, 15) is 9.50 Å². The summed E-state index contributed by atoms with van der Waals surface area (Å²) in [7, 11) is 0. The summed E-state index contributed by atoms with van der Waals surface area (Å²) in [6, 6.07) is 12.3. The number of aliphatic hydroxyl groups excluding tert-OH is 1. The molecule has 2 atom stereocenters. The molecule has 4 heteroatoms. The van der Waals surface area contributed by atoms with Crippen LogP contribution in [0.15, 0.2) is 42.5 Å². The second kappa shape index (κ2) is 8.44. The molecule has 0 aromatic heterocycles. The first kappa shape index (κ1) is 17.9. The van der Waals surface area contributed by atoms with Crippen molar-refractivity contribution in [2.75, 3.05) is 6.61 Å². The third-order valence-corrected chi connectivity index (χ3v) is 4.40. The van der Waals surface area contributed by atoms with Gasteiger partial charge in [0.2, 0.25) is 0 Å². The fourth-order valence-electron chi connectivity index (χ4n) is 2.72. The molecule has 124 valence electrons. The van der Waals surface area contributed by atoms with E-state index in [1.165, 1.54) is 6.07 Å². The molecule has 0 aliphatic heterocycles. The van der Waals surface area contributed by atoms with Crippen molar-refractivity contribution in [2.24, 2.45) is 11.7 Å². The van der Waals surface area contributed by atoms with Gasteiger partial charge in [0.25, 0.3) is 0 Å². The van der Waals surface area contributed by atoms with E-state index in [4.69, 9.17) is 17.3 Å². The van der Waals surface area contributed by atoms with Crippen LogP contribution >= 0.6 is 11.6 Å². The smallest absolute Gasteiger partial charge is 0.131 e. The third kappa shape index (κ3) is 5.03. The zero-order valence-electron chi connectivity index (χ0n) is 13.3. The zero-order valence-corrected chi connectivity index (χ0v) is 14.1. The van der Waals surface area contributed by atoms with E-state index < -0.39 is 0 Å². The van der Waals surface area contributed by atoms with E-state index in [0.717, 1.165) is 30.4 Å². The van der Waals surface area contributed by atoms with E-state index in [2.05, 4.69) is 6.92 Å². The molecular formula is C19H23ClFNO. The molecule has 0 spiro atoms. The molecule has 0 radical (unpaired) electrons. The Morgan fingerprint density at radius 2 is 1.87 bits per heavy atom. The Hall–Kier alpha value is -1.42. The lowest BCUT2D eigenvalue weighted by Gasteiger charge is -2.18. The van der Waals surface area contributed by atoms with Crippen LogP contribution in [0.3, 0.4) is 0 Å². The molecule has 2 unspecified atom stereocenters. The lowest BCUT2D eigenvalue weighted by Crippen LogP contribution is -2.27. The van der Waals surface area contributed by atoms with E-state index in [0.29, 0.717) is 10.6 Å². The highest BCUT2D eigenvalue weighted by atomic mass is 35.5. The molecule has 0 amide bonds. The van der Waals surface area contributed by atoms with Crippen molar-refractivity contribution in [3.63, 3.8) is 0 Å². The topological polar surface area (TPSA) is 46.2 Å². The second-order valence-electron chi connectivity index (χ2n) is 5.98. The molecule has 0 fully saturated rings. The molecule has 2 aromatic rings. The monoisotopic (exact) mass is 335 g/mol. The molecule has 2 rings (SSSR count). The minimum atomic E-state index is -0.285. The Labute approximate surface area is 142 Å². The summed E-state index contributed by atoms with van der Waals surface area (Å²) in [6.45, 7) is 2.24. The lowest BCUT2D eigenvalue weighted by molar-refractivity contribution is 0.207. The van der Waals surface area contributed by atoms with Crippen LogP contribution in [0.25, 0.3) is 11.1 Å². The Kier molecular flexibility index (Phi) is 6.58. The van der Waals surface area contributed by atoms with Crippen molar-refractivity contribution < 1.29 is 9.50 Å². The van der Waals surface area contributed by atoms with E-state index in [-0.39, 0.29) is 24.4 Å². The van der Waals surface area contributed by atoms with Gasteiger partial charge in [-0.15, -0.1) is 0 Å². The van der Waals surface area contributed by atoms with Gasteiger partial charge < -0.3 is 10.8 Å². The molecule has 23 heavy (non-hydrogen) atoms.